The first kappa shape index (κ1) is 15.8. The Morgan fingerprint density at radius 3 is 2.62 bits per heavy atom. The van der Waals surface area contributed by atoms with Gasteiger partial charge in [-0.25, -0.2) is 0 Å². The highest BCUT2D eigenvalue weighted by Crippen LogP contribution is 2.37. The summed E-state index contributed by atoms with van der Waals surface area (Å²) in [6, 6.07) is 5.48. The van der Waals surface area contributed by atoms with Gasteiger partial charge in [-0.3, -0.25) is 15.0 Å². The van der Waals surface area contributed by atoms with Gasteiger partial charge in [0, 0.05) is 26.2 Å². The molecule has 1 aliphatic heterocycles. The second-order valence-corrected chi connectivity index (χ2v) is 6.03. The minimum absolute atomic E-state index is 0.159. The lowest BCUT2D eigenvalue weighted by molar-refractivity contribution is -0.384. The van der Waals surface area contributed by atoms with Gasteiger partial charge in [0.15, 0.2) is 0 Å². The van der Waals surface area contributed by atoms with Gasteiger partial charge < -0.3 is 5.32 Å². The van der Waals surface area contributed by atoms with Crippen LogP contribution in [0.1, 0.15) is 38.7 Å². The highest BCUT2D eigenvalue weighted by molar-refractivity contribution is 5.62. The van der Waals surface area contributed by atoms with Crippen molar-refractivity contribution in [2.75, 3.05) is 25.5 Å². The lowest BCUT2D eigenvalue weighted by atomic mass is 9.82. The molecule has 0 spiro atoms. The number of nitrogens with one attached hydrogen (secondary N) is 1. The Morgan fingerprint density at radius 2 is 2.10 bits per heavy atom. The van der Waals surface area contributed by atoms with Crippen LogP contribution >= 0.6 is 0 Å². The third-order valence-corrected chi connectivity index (χ3v) is 4.95. The van der Waals surface area contributed by atoms with Crippen molar-refractivity contribution in [2.24, 2.45) is 5.41 Å². The first-order valence-corrected chi connectivity index (χ1v) is 7.71. The van der Waals surface area contributed by atoms with E-state index in [1.54, 1.807) is 19.2 Å². The van der Waals surface area contributed by atoms with Crippen LogP contribution in [0.15, 0.2) is 18.2 Å². The van der Waals surface area contributed by atoms with Gasteiger partial charge in [-0.05, 0) is 42.9 Å². The van der Waals surface area contributed by atoms with Crippen molar-refractivity contribution >= 4 is 11.4 Å². The summed E-state index contributed by atoms with van der Waals surface area (Å²) in [4.78, 5) is 13.2. The van der Waals surface area contributed by atoms with Crippen molar-refractivity contribution < 1.29 is 4.92 Å². The molecular weight excluding hydrogens is 266 g/mol. The van der Waals surface area contributed by atoms with Crippen molar-refractivity contribution in [2.45, 2.75) is 39.7 Å². The van der Waals surface area contributed by atoms with Gasteiger partial charge in [-0.1, -0.05) is 19.9 Å². The number of benzene rings is 1. The Labute approximate surface area is 126 Å². The molecule has 1 saturated heterocycles. The summed E-state index contributed by atoms with van der Waals surface area (Å²) in [6.07, 6.45) is 3.65. The summed E-state index contributed by atoms with van der Waals surface area (Å²) in [5.41, 5.74) is 2.19. The number of hydrogen-bond donors (Lipinski definition) is 1. The molecule has 0 saturated carbocycles. The Hall–Kier alpha value is -1.62. The standard InChI is InChI=1S/C16H25N3O2/c1-4-16(5-2)8-9-18(12-16)11-13-6-7-14(17-3)15(10-13)19(20)21/h6-7,10,17H,4-5,8-9,11-12H2,1-3H3. The number of nitro groups is 1. The van der Waals surface area contributed by atoms with Gasteiger partial charge in [-0.15, -0.1) is 0 Å². The van der Waals surface area contributed by atoms with E-state index < -0.39 is 0 Å². The molecule has 1 aliphatic rings. The summed E-state index contributed by atoms with van der Waals surface area (Å²) < 4.78 is 0. The third kappa shape index (κ3) is 3.35. The molecule has 0 amide bonds. The quantitative estimate of drug-likeness (QED) is 0.642. The molecule has 1 N–H and O–H groups in total. The summed E-state index contributed by atoms with van der Waals surface area (Å²) >= 11 is 0. The third-order valence-electron chi connectivity index (χ3n) is 4.95. The van der Waals surface area contributed by atoms with E-state index in [4.69, 9.17) is 0 Å². The number of anilines is 1. The fourth-order valence-electron chi connectivity index (χ4n) is 3.29. The van der Waals surface area contributed by atoms with Crippen LogP contribution in [0.5, 0.6) is 0 Å². The predicted octanol–water partition coefficient (Wildman–Crippen LogP) is 3.65. The molecular formula is C16H25N3O2. The number of nitrogens with zero attached hydrogens (tertiary/aromatic N) is 2. The first-order valence-electron chi connectivity index (χ1n) is 7.71. The van der Waals surface area contributed by atoms with Crippen LogP contribution in [-0.2, 0) is 6.54 Å². The van der Waals surface area contributed by atoms with Crippen molar-refractivity contribution in [1.82, 2.24) is 4.90 Å². The zero-order chi connectivity index (χ0) is 15.5. The SMILES string of the molecule is CCC1(CC)CCN(Cc2ccc(NC)c([N+](=O)[O-])c2)C1. The molecule has 0 bridgehead atoms. The maximum absolute atomic E-state index is 11.1. The predicted molar refractivity (Wildman–Crippen MR) is 85.6 cm³/mol. The summed E-state index contributed by atoms with van der Waals surface area (Å²) in [7, 11) is 1.71. The van der Waals surface area contributed by atoms with E-state index >= 15 is 0 Å². The monoisotopic (exact) mass is 291 g/mol. The zero-order valence-electron chi connectivity index (χ0n) is 13.2. The van der Waals surface area contributed by atoms with E-state index in [1.807, 2.05) is 6.07 Å². The van der Waals surface area contributed by atoms with E-state index in [1.165, 1.54) is 19.3 Å². The van der Waals surface area contributed by atoms with E-state index in [0.717, 1.165) is 25.2 Å². The Balaban J connectivity index is 2.11. The van der Waals surface area contributed by atoms with Crippen LogP contribution in [0.3, 0.4) is 0 Å². The molecule has 5 heteroatoms. The van der Waals surface area contributed by atoms with Crippen LogP contribution in [0.2, 0.25) is 0 Å². The molecule has 0 aliphatic carbocycles. The number of hydrogen-bond acceptors (Lipinski definition) is 4. The number of rotatable bonds is 6. The second kappa shape index (κ2) is 6.43. The minimum atomic E-state index is -0.318. The van der Waals surface area contributed by atoms with Crippen molar-refractivity contribution in [3.63, 3.8) is 0 Å². The van der Waals surface area contributed by atoms with Gasteiger partial charge in [0.25, 0.3) is 5.69 Å². The van der Waals surface area contributed by atoms with Gasteiger partial charge in [-0.2, -0.15) is 0 Å². The molecule has 1 heterocycles. The second-order valence-electron chi connectivity index (χ2n) is 6.03. The molecule has 1 fully saturated rings. The molecule has 1 aromatic carbocycles. The van der Waals surface area contributed by atoms with Gasteiger partial charge in [0.2, 0.25) is 0 Å². The van der Waals surface area contributed by atoms with E-state index in [2.05, 4.69) is 24.1 Å². The fraction of sp³-hybridized carbons (Fsp3) is 0.625. The Morgan fingerprint density at radius 1 is 1.38 bits per heavy atom. The Bertz CT molecular complexity index is 512. The molecule has 21 heavy (non-hydrogen) atoms. The summed E-state index contributed by atoms with van der Waals surface area (Å²) in [6.45, 7) is 7.51. The fourth-order valence-corrected chi connectivity index (χ4v) is 3.29. The van der Waals surface area contributed by atoms with Crippen LogP contribution in [0.25, 0.3) is 0 Å². The number of likely N-dealkylation sites (tertiary alicyclic amines) is 1. The highest BCUT2D eigenvalue weighted by atomic mass is 16.6. The van der Waals surface area contributed by atoms with Gasteiger partial charge in [0.05, 0.1) is 4.92 Å². The van der Waals surface area contributed by atoms with Gasteiger partial charge in [0.1, 0.15) is 5.69 Å². The van der Waals surface area contributed by atoms with Crippen LogP contribution in [0.4, 0.5) is 11.4 Å². The largest absolute Gasteiger partial charge is 0.383 e. The molecule has 2 rings (SSSR count). The number of nitro benzene ring substituents is 1. The molecule has 0 radical (unpaired) electrons. The van der Waals surface area contributed by atoms with E-state index in [-0.39, 0.29) is 10.6 Å². The molecule has 116 valence electrons. The summed E-state index contributed by atoms with van der Waals surface area (Å²) in [5.74, 6) is 0. The minimum Gasteiger partial charge on any atom is -0.383 e. The van der Waals surface area contributed by atoms with Gasteiger partial charge >= 0.3 is 0 Å². The molecule has 0 atom stereocenters. The Kier molecular flexibility index (Phi) is 4.83. The molecule has 1 aromatic rings. The molecule has 5 nitrogen and oxygen atoms in total. The van der Waals surface area contributed by atoms with Crippen molar-refractivity contribution in [1.29, 1.82) is 0 Å². The van der Waals surface area contributed by atoms with E-state index in [9.17, 15) is 10.1 Å². The smallest absolute Gasteiger partial charge is 0.292 e. The maximum atomic E-state index is 11.1. The molecule has 0 aromatic heterocycles. The molecule has 0 unspecified atom stereocenters. The zero-order valence-corrected chi connectivity index (χ0v) is 13.2. The topological polar surface area (TPSA) is 58.4 Å². The maximum Gasteiger partial charge on any atom is 0.292 e. The first-order chi connectivity index (χ1) is 10.0. The highest BCUT2D eigenvalue weighted by Gasteiger charge is 2.34. The average Bonchev–Trinajstić information content (AvgIpc) is 2.91. The van der Waals surface area contributed by atoms with Crippen LogP contribution < -0.4 is 5.32 Å². The lowest BCUT2D eigenvalue weighted by Crippen LogP contribution is -2.26. The van der Waals surface area contributed by atoms with Crippen LogP contribution in [0, 0.1) is 15.5 Å². The lowest BCUT2D eigenvalue weighted by Gasteiger charge is -2.26. The summed E-state index contributed by atoms with van der Waals surface area (Å²) in [5, 5.41) is 14.0. The van der Waals surface area contributed by atoms with Crippen LogP contribution in [-0.4, -0.2) is 30.0 Å². The van der Waals surface area contributed by atoms with Crippen molar-refractivity contribution in [3.8, 4) is 0 Å². The normalized spacial score (nSPS) is 17.9. The van der Waals surface area contributed by atoms with E-state index in [0.29, 0.717) is 11.1 Å². The van der Waals surface area contributed by atoms with Crippen molar-refractivity contribution in [3.05, 3.63) is 33.9 Å². The average molecular weight is 291 g/mol.